The van der Waals surface area contributed by atoms with Gasteiger partial charge < -0.3 is 14.2 Å². The lowest BCUT2D eigenvalue weighted by molar-refractivity contribution is -0.0588. The molecule has 2 unspecified atom stereocenters. The van der Waals surface area contributed by atoms with E-state index < -0.39 is 0 Å². The van der Waals surface area contributed by atoms with Gasteiger partial charge in [0.2, 0.25) is 0 Å². The second-order valence-corrected chi connectivity index (χ2v) is 8.09. The maximum atomic E-state index is 13.6. The van der Waals surface area contributed by atoms with E-state index in [0.717, 1.165) is 28.2 Å². The van der Waals surface area contributed by atoms with Gasteiger partial charge in [0.1, 0.15) is 11.4 Å². The summed E-state index contributed by atoms with van der Waals surface area (Å²) in [5.41, 5.74) is 5.49. The Balaban J connectivity index is 1.83. The van der Waals surface area contributed by atoms with Crippen LogP contribution in [0.25, 0.3) is 17.1 Å². The molecular formula is C23H28N4O2. The molecular weight excluding hydrogens is 364 g/mol. The summed E-state index contributed by atoms with van der Waals surface area (Å²) < 4.78 is 9.63. The highest BCUT2D eigenvalue weighted by Crippen LogP contribution is 2.26. The molecule has 0 bridgehead atoms. The van der Waals surface area contributed by atoms with Gasteiger partial charge in [0.25, 0.3) is 5.91 Å². The van der Waals surface area contributed by atoms with Crippen molar-refractivity contribution in [3.05, 3.63) is 59.4 Å². The van der Waals surface area contributed by atoms with Crippen LogP contribution in [0.2, 0.25) is 0 Å². The Morgan fingerprint density at radius 3 is 2.48 bits per heavy atom. The topological polar surface area (TPSA) is 52.3 Å². The van der Waals surface area contributed by atoms with Crippen LogP contribution in [-0.4, -0.2) is 50.5 Å². The van der Waals surface area contributed by atoms with Crippen molar-refractivity contribution in [2.24, 2.45) is 7.05 Å². The zero-order chi connectivity index (χ0) is 20.7. The average Bonchev–Trinajstić information content (AvgIpc) is 3.28. The van der Waals surface area contributed by atoms with Gasteiger partial charge in [0, 0.05) is 26.3 Å². The van der Waals surface area contributed by atoms with Crippen LogP contribution in [0.3, 0.4) is 0 Å². The fourth-order valence-electron chi connectivity index (χ4n) is 4.02. The molecule has 0 spiro atoms. The number of aryl methyl sites for hydroxylation is 3. The van der Waals surface area contributed by atoms with Crippen LogP contribution in [-0.2, 0) is 11.8 Å². The van der Waals surface area contributed by atoms with Crippen molar-refractivity contribution in [3.63, 3.8) is 0 Å². The fourth-order valence-corrected chi connectivity index (χ4v) is 4.02. The lowest BCUT2D eigenvalue weighted by Gasteiger charge is -2.35. The van der Waals surface area contributed by atoms with Gasteiger partial charge in [0.05, 0.1) is 23.6 Å². The summed E-state index contributed by atoms with van der Waals surface area (Å²) in [7, 11) is 1.99. The van der Waals surface area contributed by atoms with Crippen molar-refractivity contribution < 1.29 is 9.53 Å². The zero-order valence-corrected chi connectivity index (χ0v) is 17.7. The minimum absolute atomic E-state index is 0.0131. The fraction of sp³-hybridized carbons (Fsp3) is 0.391. The minimum Gasteiger partial charge on any atom is -0.372 e. The maximum Gasteiger partial charge on any atom is 0.272 e. The predicted octanol–water partition coefficient (Wildman–Crippen LogP) is 3.74. The van der Waals surface area contributed by atoms with Gasteiger partial charge >= 0.3 is 0 Å². The molecule has 152 valence electrons. The second-order valence-electron chi connectivity index (χ2n) is 8.09. The minimum atomic E-state index is -0.0131. The Labute approximate surface area is 171 Å². The number of nitrogens with zero attached hydrogens (tertiary/aromatic N) is 4. The number of hydrogen-bond donors (Lipinski definition) is 0. The molecule has 2 atom stereocenters. The Hall–Kier alpha value is -2.86. The Bertz CT molecular complexity index is 1040. The van der Waals surface area contributed by atoms with Crippen LogP contribution >= 0.6 is 0 Å². The number of aromatic nitrogens is 3. The van der Waals surface area contributed by atoms with Crippen LogP contribution in [0.15, 0.2) is 42.6 Å². The van der Waals surface area contributed by atoms with E-state index in [9.17, 15) is 4.79 Å². The number of carbonyl (C=O) groups is 1. The smallest absolute Gasteiger partial charge is 0.272 e. The Kier molecular flexibility index (Phi) is 5.04. The highest BCUT2D eigenvalue weighted by molar-refractivity contribution is 5.94. The molecule has 1 saturated heterocycles. The van der Waals surface area contributed by atoms with Gasteiger partial charge in [-0.05, 0) is 63.1 Å². The average molecular weight is 393 g/mol. The van der Waals surface area contributed by atoms with Gasteiger partial charge in [-0.15, -0.1) is 0 Å². The van der Waals surface area contributed by atoms with Crippen LogP contribution in [0.1, 0.15) is 35.5 Å². The Morgan fingerprint density at radius 1 is 1.10 bits per heavy atom. The van der Waals surface area contributed by atoms with Gasteiger partial charge in [-0.3, -0.25) is 4.79 Å². The van der Waals surface area contributed by atoms with Gasteiger partial charge in [-0.2, -0.15) is 5.10 Å². The van der Waals surface area contributed by atoms with E-state index in [-0.39, 0.29) is 18.1 Å². The lowest BCUT2D eigenvalue weighted by atomic mass is 10.1. The summed E-state index contributed by atoms with van der Waals surface area (Å²) >= 11 is 0. The van der Waals surface area contributed by atoms with Gasteiger partial charge in [-0.25, -0.2) is 4.68 Å². The molecule has 1 aromatic carbocycles. The second kappa shape index (κ2) is 7.52. The molecule has 0 aliphatic carbocycles. The van der Waals surface area contributed by atoms with Crippen molar-refractivity contribution in [3.8, 4) is 17.1 Å². The van der Waals surface area contributed by atoms with Crippen molar-refractivity contribution in [2.75, 3.05) is 13.1 Å². The summed E-state index contributed by atoms with van der Waals surface area (Å²) in [6.45, 7) is 9.28. The molecule has 1 fully saturated rings. The van der Waals surface area contributed by atoms with Crippen molar-refractivity contribution >= 4 is 5.91 Å². The number of amides is 1. The van der Waals surface area contributed by atoms with Crippen molar-refractivity contribution in [1.82, 2.24) is 19.2 Å². The number of hydrogen-bond acceptors (Lipinski definition) is 3. The Morgan fingerprint density at radius 2 is 1.83 bits per heavy atom. The highest BCUT2D eigenvalue weighted by Gasteiger charge is 2.30. The van der Waals surface area contributed by atoms with Crippen LogP contribution in [0, 0.1) is 13.8 Å². The highest BCUT2D eigenvalue weighted by atomic mass is 16.5. The van der Waals surface area contributed by atoms with Crippen LogP contribution in [0.4, 0.5) is 0 Å². The standard InChI is InChI=1S/C23H28N4O2/c1-15-8-9-16(2)21(11-15)27-22(12-19(24-27)20-7-6-10-25(20)5)23(28)26-13-17(3)29-18(4)14-26/h6-12,17-18H,13-14H2,1-5H3. The van der Waals surface area contributed by atoms with E-state index in [1.807, 2.05) is 61.7 Å². The van der Waals surface area contributed by atoms with Crippen LogP contribution < -0.4 is 0 Å². The third-order valence-electron chi connectivity index (χ3n) is 5.43. The maximum absolute atomic E-state index is 13.6. The lowest BCUT2D eigenvalue weighted by Crippen LogP contribution is -2.48. The number of carbonyl (C=O) groups excluding carboxylic acids is 1. The molecule has 3 aromatic rings. The summed E-state index contributed by atoms with van der Waals surface area (Å²) in [5, 5.41) is 4.86. The van der Waals surface area contributed by atoms with Gasteiger partial charge in [0.15, 0.2) is 0 Å². The number of benzene rings is 1. The van der Waals surface area contributed by atoms with Gasteiger partial charge in [-0.1, -0.05) is 12.1 Å². The third kappa shape index (κ3) is 3.72. The monoisotopic (exact) mass is 392 g/mol. The van der Waals surface area contributed by atoms with Crippen LogP contribution in [0.5, 0.6) is 0 Å². The zero-order valence-electron chi connectivity index (χ0n) is 17.7. The van der Waals surface area contributed by atoms with Crippen molar-refractivity contribution in [1.29, 1.82) is 0 Å². The molecule has 0 N–H and O–H groups in total. The number of rotatable bonds is 3. The number of ether oxygens (including phenoxy) is 1. The summed E-state index contributed by atoms with van der Waals surface area (Å²) in [4.78, 5) is 15.4. The SMILES string of the molecule is Cc1ccc(C)c(-n2nc(-c3cccn3C)cc2C(=O)N2CC(C)OC(C)C2)c1. The first-order valence-electron chi connectivity index (χ1n) is 10.1. The molecule has 3 heterocycles. The molecule has 2 aromatic heterocycles. The largest absolute Gasteiger partial charge is 0.372 e. The molecule has 29 heavy (non-hydrogen) atoms. The van der Waals surface area contributed by atoms with E-state index >= 15 is 0 Å². The summed E-state index contributed by atoms with van der Waals surface area (Å²) in [5.74, 6) is -0.0131. The molecule has 6 nitrogen and oxygen atoms in total. The molecule has 0 radical (unpaired) electrons. The summed E-state index contributed by atoms with van der Waals surface area (Å²) in [6.07, 6.45) is 2.03. The summed E-state index contributed by atoms with van der Waals surface area (Å²) in [6, 6.07) is 12.1. The molecule has 0 saturated carbocycles. The van der Waals surface area contributed by atoms with E-state index in [4.69, 9.17) is 9.84 Å². The first-order chi connectivity index (χ1) is 13.8. The van der Waals surface area contributed by atoms with E-state index in [1.165, 1.54) is 0 Å². The normalized spacial score (nSPS) is 19.6. The molecule has 6 heteroatoms. The van der Waals surface area contributed by atoms with E-state index in [2.05, 4.69) is 25.1 Å². The molecule has 1 aliphatic rings. The number of morpholine rings is 1. The predicted molar refractivity (Wildman–Crippen MR) is 113 cm³/mol. The molecule has 4 rings (SSSR count). The van der Waals surface area contributed by atoms with E-state index in [0.29, 0.717) is 18.8 Å². The molecule has 1 aliphatic heterocycles. The van der Waals surface area contributed by atoms with E-state index in [1.54, 1.807) is 4.68 Å². The first-order valence-corrected chi connectivity index (χ1v) is 10.1. The molecule has 1 amide bonds. The van der Waals surface area contributed by atoms with Crippen molar-refractivity contribution in [2.45, 2.75) is 39.9 Å². The third-order valence-corrected chi connectivity index (χ3v) is 5.43. The first kappa shape index (κ1) is 19.5. The quantitative estimate of drug-likeness (QED) is 0.682.